The molecule has 0 aliphatic heterocycles. The highest BCUT2D eigenvalue weighted by atomic mass is 32.2. The summed E-state index contributed by atoms with van der Waals surface area (Å²) >= 11 is 0. The average Bonchev–Trinajstić information content (AvgIpc) is 3.04. The number of H-pyrrole nitrogens is 1. The number of rotatable bonds is 6. The summed E-state index contributed by atoms with van der Waals surface area (Å²) in [5.74, 6) is 0.298. The van der Waals surface area contributed by atoms with Crippen LogP contribution in [0, 0.1) is 6.92 Å². The molecule has 0 unspecified atom stereocenters. The highest BCUT2D eigenvalue weighted by Crippen LogP contribution is 2.26. The maximum absolute atomic E-state index is 11.6. The van der Waals surface area contributed by atoms with E-state index in [1.165, 1.54) is 0 Å². The van der Waals surface area contributed by atoms with Crippen LogP contribution in [0.2, 0.25) is 0 Å². The molecule has 0 fully saturated rings. The smallest absolute Gasteiger partial charge is 0.408 e. The van der Waals surface area contributed by atoms with Crippen LogP contribution >= 0.6 is 0 Å². The lowest BCUT2D eigenvalue weighted by Gasteiger charge is -2.13. The summed E-state index contributed by atoms with van der Waals surface area (Å²) in [6.45, 7) is 1.85. The zero-order chi connectivity index (χ0) is 21.3. The summed E-state index contributed by atoms with van der Waals surface area (Å²) in [6.07, 6.45) is 2.72. The number of fused-ring (bicyclic) bond motifs is 1. The predicted octanol–water partition coefficient (Wildman–Crippen LogP) is 3.08. The molecule has 4 rings (SSSR count). The summed E-state index contributed by atoms with van der Waals surface area (Å²) < 4.78 is 30.7. The van der Waals surface area contributed by atoms with E-state index in [-0.39, 0.29) is 5.95 Å². The van der Waals surface area contributed by atoms with Crippen LogP contribution in [0.15, 0.2) is 57.9 Å². The van der Waals surface area contributed by atoms with E-state index in [4.69, 9.17) is 4.42 Å². The van der Waals surface area contributed by atoms with E-state index in [1.54, 1.807) is 48.7 Å². The molecule has 0 radical (unpaired) electrons. The Bertz CT molecular complexity index is 1390. The second-order valence-electron chi connectivity index (χ2n) is 6.62. The molecule has 0 saturated carbocycles. The van der Waals surface area contributed by atoms with Gasteiger partial charge in [-0.05, 0) is 31.2 Å². The number of hydrogen-bond acceptors (Lipinski definition) is 8. The van der Waals surface area contributed by atoms with E-state index in [1.807, 2.05) is 6.92 Å². The van der Waals surface area contributed by atoms with Gasteiger partial charge in [-0.2, -0.15) is 4.98 Å². The van der Waals surface area contributed by atoms with E-state index in [2.05, 4.69) is 30.3 Å². The van der Waals surface area contributed by atoms with Crippen molar-refractivity contribution >= 4 is 50.0 Å². The molecule has 0 amide bonds. The number of sulfonamides is 1. The maximum Gasteiger partial charge on any atom is 0.417 e. The average molecular weight is 426 g/mol. The van der Waals surface area contributed by atoms with Crippen LogP contribution < -0.4 is 21.1 Å². The van der Waals surface area contributed by atoms with E-state index >= 15 is 0 Å². The molecule has 4 aromatic rings. The lowest BCUT2D eigenvalue weighted by Crippen LogP contribution is -2.11. The minimum atomic E-state index is -3.44. The van der Waals surface area contributed by atoms with E-state index < -0.39 is 15.8 Å². The van der Waals surface area contributed by atoms with Gasteiger partial charge in [0.05, 0.1) is 23.1 Å². The lowest BCUT2D eigenvalue weighted by atomic mass is 10.2. The number of aryl methyl sites for hydroxylation is 1. The Hall–Kier alpha value is -3.86. The molecular formula is C19H18N6O4S. The number of nitrogens with one attached hydrogen (secondary N) is 4. The van der Waals surface area contributed by atoms with Crippen LogP contribution in [-0.2, 0) is 10.0 Å². The zero-order valence-corrected chi connectivity index (χ0v) is 16.9. The molecule has 0 aliphatic carbocycles. The Balaban J connectivity index is 1.61. The summed E-state index contributed by atoms with van der Waals surface area (Å²) in [4.78, 5) is 22.7. The predicted molar refractivity (Wildman–Crippen MR) is 115 cm³/mol. The quantitative estimate of drug-likeness (QED) is 0.368. The molecule has 0 saturated heterocycles. The van der Waals surface area contributed by atoms with E-state index in [9.17, 15) is 13.2 Å². The van der Waals surface area contributed by atoms with Crippen LogP contribution in [0.3, 0.4) is 0 Å². The van der Waals surface area contributed by atoms with Crippen molar-refractivity contribution < 1.29 is 12.8 Å². The third-order valence-corrected chi connectivity index (χ3v) is 4.72. The highest BCUT2D eigenvalue weighted by molar-refractivity contribution is 7.92. The molecule has 11 heteroatoms. The first kappa shape index (κ1) is 19.5. The Morgan fingerprint density at radius 1 is 1.07 bits per heavy atom. The van der Waals surface area contributed by atoms with Gasteiger partial charge in [0.25, 0.3) is 0 Å². The van der Waals surface area contributed by atoms with Crippen molar-refractivity contribution in [2.24, 2.45) is 0 Å². The molecule has 10 nitrogen and oxygen atoms in total. The standard InChI is InChI=1S/C19H18N6O4S/c1-11-10-20-18(22-13-5-3-4-6-14(13)25-30(2,27)28)24-17(11)21-12-7-8-15-16(9-12)29-19(26)23-15/h3-10,25H,1-2H3,(H,23,26)(H2,20,21,22,24). The van der Waals surface area contributed by atoms with Crippen LogP contribution in [0.1, 0.15) is 5.56 Å². The third kappa shape index (κ3) is 4.41. The number of benzene rings is 2. The Kier molecular flexibility index (Phi) is 4.88. The van der Waals surface area contributed by atoms with Crippen LogP contribution in [-0.4, -0.2) is 29.6 Å². The van der Waals surface area contributed by atoms with Crippen molar-refractivity contribution in [3.8, 4) is 0 Å². The van der Waals surface area contributed by atoms with Gasteiger partial charge >= 0.3 is 5.76 Å². The van der Waals surface area contributed by atoms with E-state index in [0.717, 1.165) is 11.8 Å². The molecule has 2 heterocycles. The zero-order valence-electron chi connectivity index (χ0n) is 16.1. The van der Waals surface area contributed by atoms with Gasteiger partial charge in [0, 0.05) is 23.5 Å². The fourth-order valence-corrected chi connectivity index (χ4v) is 3.37. The SMILES string of the molecule is Cc1cnc(Nc2ccccc2NS(C)(=O)=O)nc1Nc1ccc2[nH]c(=O)oc2c1. The molecular weight excluding hydrogens is 408 g/mol. The van der Waals surface area contributed by atoms with Crippen LogP contribution in [0.5, 0.6) is 0 Å². The minimum Gasteiger partial charge on any atom is -0.408 e. The van der Waals surface area contributed by atoms with Gasteiger partial charge in [-0.3, -0.25) is 9.71 Å². The van der Waals surface area contributed by atoms with Gasteiger partial charge in [0.15, 0.2) is 5.58 Å². The first-order valence-electron chi connectivity index (χ1n) is 8.84. The summed E-state index contributed by atoms with van der Waals surface area (Å²) in [5.41, 5.74) is 3.38. The number of anilines is 5. The molecule has 0 spiro atoms. The number of hydrogen-bond donors (Lipinski definition) is 4. The van der Waals surface area contributed by atoms with Gasteiger partial charge in [-0.25, -0.2) is 18.2 Å². The van der Waals surface area contributed by atoms with Crippen LogP contribution in [0.4, 0.5) is 28.8 Å². The maximum atomic E-state index is 11.6. The second kappa shape index (κ2) is 7.52. The molecule has 154 valence electrons. The number of aromatic amines is 1. The topological polar surface area (TPSA) is 142 Å². The molecule has 4 N–H and O–H groups in total. The highest BCUT2D eigenvalue weighted by Gasteiger charge is 2.11. The number of nitrogens with zero attached hydrogens (tertiary/aromatic N) is 2. The van der Waals surface area contributed by atoms with Gasteiger partial charge in [0.1, 0.15) is 5.82 Å². The van der Waals surface area contributed by atoms with Crippen molar-refractivity contribution in [2.45, 2.75) is 6.92 Å². The van der Waals surface area contributed by atoms with Gasteiger partial charge in [-0.1, -0.05) is 12.1 Å². The molecule has 2 aromatic heterocycles. The normalized spacial score (nSPS) is 11.4. The van der Waals surface area contributed by atoms with E-state index in [0.29, 0.717) is 34.0 Å². The summed E-state index contributed by atoms with van der Waals surface area (Å²) in [6, 6.07) is 12.0. The summed E-state index contributed by atoms with van der Waals surface area (Å²) in [7, 11) is -3.44. The molecule has 0 bridgehead atoms. The van der Waals surface area contributed by atoms with Gasteiger partial charge < -0.3 is 15.1 Å². The number of para-hydroxylation sites is 2. The monoisotopic (exact) mass is 426 g/mol. The summed E-state index contributed by atoms with van der Waals surface area (Å²) in [5, 5.41) is 6.20. The molecule has 0 atom stereocenters. The van der Waals surface area contributed by atoms with Crippen molar-refractivity contribution in [2.75, 3.05) is 21.6 Å². The van der Waals surface area contributed by atoms with Gasteiger partial charge in [0.2, 0.25) is 16.0 Å². The van der Waals surface area contributed by atoms with Crippen molar-refractivity contribution in [3.63, 3.8) is 0 Å². The first-order valence-corrected chi connectivity index (χ1v) is 10.7. The van der Waals surface area contributed by atoms with Crippen LogP contribution in [0.25, 0.3) is 11.1 Å². The fraction of sp³-hybridized carbons (Fsp3) is 0.105. The lowest BCUT2D eigenvalue weighted by molar-refractivity contribution is 0.555. The Morgan fingerprint density at radius 2 is 1.83 bits per heavy atom. The third-order valence-electron chi connectivity index (χ3n) is 4.12. The number of oxazole rings is 1. The fourth-order valence-electron chi connectivity index (χ4n) is 2.79. The van der Waals surface area contributed by atoms with Crippen molar-refractivity contribution in [1.29, 1.82) is 0 Å². The van der Waals surface area contributed by atoms with Crippen molar-refractivity contribution in [3.05, 3.63) is 64.8 Å². The van der Waals surface area contributed by atoms with Crippen molar-refractivity contribution in [1.82, 2.24) is 15.0 Å². The van der Waals surface area contributed by atoms with Gasteiger partial charge in [-0.15, -0.1) is 0 Å². The largest absolute Gasteiger partial charge is 0.417 e. The minimum absolute atomic E-state index is 0.278. The Morgan fingerprint density at radius 3 is 2.60 bits per heavy atom. The second-order valence-corrected chi connectivity index (χ2v) is 8.37. The number of aromatic nitrogens is 3. The molecule has 0 aliphatic rings. The molecule has 2 aromatic carbocycles. The Labute approximate surface area is 171 Å². The molecule has 30 heavy (non-hydrogen) atoms. The first-order chi connectivity index (χ1) is 14.3.